The van der Waals surface area contributed by atoms with Crippen LogP contribution in [-0.2, 0) is 33.4 Å². The molecule has 0 radical (unpaired) electrons. The van der Waals surface area contributed by atoms with Crippen LogP contribution >= 0.6 is 0 Å². The van der Waals surface area contributed by atoms with Gasteiger partial charge in [-0.05, 0) is 64.2 Å². The van der Waals surface area contributed by atoms with Gasteiger partial charge in [0.05, 0.1) is 0 Å². The van der Waals surface area contributed by atoms with Crippen molar-refractivity contribution in [2.75, 3.05) is 0 Å². The standard InChI is InChI=1S/C44H56O7/c1-29(19-15-21-31(3)23-24-36-33(5)39(47)37(49-34(6)45)27-41(36,8)9)17-13-14-18-30(2)20-16-22-32(4)25-26-44-42(10,11)28-38(50-35(7)46)40(48)43(44,12)51-44/h13-26,37-38H,27-28H2,1-12H3/b14-13+,19-15+,20-16+,24-23+,26-25+,29-17+,30-18+,31-21+,32-22+/t37-,38-,43?,44?/m0/s1. The third kappa shape index (κ3) is 9.91. The fraction of sp³-hybridized carbons (Fsp3) is 0.455. The van der Waals surface area contributed by atoms with Crippen molar-refractivity contribution in [3.8, 4) is 0 Å². The van der Waals surface area contributed by atoms with Gasteiger partial charge < -0.3 is 14.2 Å². The first-order valence-electron chi connectivity index (χ1n) is 17.6. The number of hydrogen-bond donors (Lipinski definition) is 0. The van der Waals surface area contributed by atoms with Crippen LogP contribution in [0.2, 0.25) is 0 Å². The minimum Gasteiger partial charge on any atom is -0.454 e. The van der Waals surface area contributed by atoms with Crippen molar-refractivity contribution in [3.63, 3.8) is 0 Å². The van der Waals surface area contributed by atoms with Crippen LogP contribution in [0.3, 0.4) is 0 Å². The van der Waals surface area contributed by atoms with Gasteiger partial charge in [0.2, 0.25) is 5.78 Å². The van der Waals surface area contributed by atoms with Crippen LogP contribution in [0.15, 0.2) is 119 Å². The molecule has 7 nitrogen and oxygen atoms in total. The highest BCUT2D eigenvalue weighted by atomic mass is 16.6. The first-order chi connectivity index (χ1) is 23.7. The molecule has 7 heteroatoms. The van der Waals surface area contributed by atoms with E-state index in [1.54, 1.807) is 13.8 Å². The second kappa shape index (κ2) is 16.3. The van der Waals surface area contributed by atoms with Gasteiger partial charge in [0.25, 0.3) is 0 Å². The number of rotatable bonds is 12. The lowest BCUT2D eigenvalue weighted by Gasteiger charge is -2.39. The number of carbonyl (C=O) groups is 4. The molecule has 1 heterocycles. The van der Waals surface area contributed by atoms with E-state index in [2.05, 4.69) is 13.8 Å². The number of epoxide rings is 1. The number of hydrogen-bond acceptors (Lipinski definition) is 7. The molecule has 1 saturated heterocycles. The Morgan fingerprint density at radius 2 is 1.14 bits per heavy atom. The smallest absolute Gasteiger partial charge is 0.303 e. The molecule has 0 aromatic heterocycles. The average molecular weight is 697 g/mol. The molecule has 4 atom stereocenters. The van der Waals surface area contributed by atoms with Crippen LogP contribution in [0, 0.1) is 10.8 Å². The van der Waals surface area contributed by atoms with E-state index >= 15 is 0 Å². The molecule has 3 rings (SSSR count). The molecular weight excluding hydrogens is 640 g/mol. The van der Waals surface area contributed by atoms with Gasteiger partial charge in [-0.15, -0.1) is 0 Å². The van der Waals surface area contributed by atoms with Crippen molar-refractivity contribution in [1.82, 2.24) is 0 Å². The highest BCUT2D eigenvalue weighted by Gasteiger charge is 2.79. The summed E-state index contributed by atoms with van der Waals surface area (Å²) >= 11 is 0. The van der Waals surface area contributed by atoms with Crippen LogP contribution < -0.4 is 0 Å². The topological polar surface area (TPSA) is 99.3 Å². The zero-order valence-corrected chi connectivity index (χ0v) is 32.5. The summed E-state index contributed by atoms with van der Waals surface area (Å²) in [5.41, 5.74) is 3.44. The van der Waals surface area contributed by atoms with Crippen LogP contribution in [0.5, 0.6) is 0 Å². The predicted molar refractivity (Wildman–Crippen MR) is 204 cm³/mol. The lowest BCUT2D eigenvalue weighted by molar-refractivity contribution is -0.158. The zero-order chi connectivity index (χ0) is 38.4. The fourth-order valence-electron chi connectivity index (χ4n) is 7.04. The second-order valence-electron chi connectivity index (χ2n) is 15.4. The maximum Gasteiger partial charge on any atom is 0.303 e. The van der Waals surface area contributed by atoms with Gasteiger partial charge in [-0.3, -0.25) is 19.2 Å². The van der Waals surface area contributed by atoms with Gasteiger partial charge in [0, 0.05) is 32.1 Å². The first kappa shape index (κ1) is 41.1. The number of ketones is 2. The number of Topliss-reactive ketones (excluding diaryl/α,β-unsaturated/α-hetero) is 2. The molecular formula is C44H56O7. The van der Waals surface area contributed by atoms with Gasteiger partial charge in [-0.25, -0.2) is 0 Å². The van der Waals surface area contributed by atoms with Gasteiger partial charge in [-0.1, -0.05) is 129 Å². The third-order valence-corrected chi connectivity index (χ3v) is 9.96. The molecule has 1 aliphatic heterocycles. The van der Waals surface area contributed by atoms with Crippen molar-refractivity contribution in [1.29, 1.82) is 0 Å². The molecule has 0 amide bonds. The van der Waals surface area contributed by atoms with E-state index in [1.165, 1.54) is 13.8 Å². The van der Waals surface area contributed by atoms with Crippen LogP contribution in [0.25, 0.3) is 0 Å². The lowest BCUT2D eigenvalue weighted by Crippen LogP contribution is -2.53. The summed E-state index contributed by atoms with van der Waals surface area (Å²) in [4.78, 5) is 48.8. The predicted octanol–water partition coefficient (Wildman–Crippen LogP) is 9.26. The summed E-state index contributed by atoms with van der Waals surface area (Å²) in [7, 11) is 0. The molecule has 2 fully saturated rings. The zero-order valence-electron chi connectivity index (χ0n) is 32.5. The summed E-state index contributed by atoms with van der Waals surface area (Å²) in [5.74, 6) is -1.21. The molecule has 0 bridgehead atoms. The van der Waals surface area contributed by atoms with E-state index in [4.69, 9.17) is 14.2 Å². The van der Waals surface area contributed by atoms with E-state index in [0.717, 1.165) is 27.9 Å². The average Bonchev–Trinajstić information content (AvgIpc) is 3.67. The van der Waals surface area contributed by atoms with Gasteiger partial charge in [0.1, 0.15) is 5.60 Å². The Morgan fingerprint density at radius 3 is 1.67 bits per heavy atom. The summed E-state index contributed by atoms with van der Waals surface area (Å²) in [5, 5.41) is 0. The lowest BCUT2D eigenvalue weighted by atomic mass is 9.62. The quantitative estimate of drug-likeness (QED) is 0.114. The second-order valence-corrected chi connectivity index (χ2v) is 15.4. The monoisotopic (exact) mass is 696 g/mol. The van der Waals surface area contributed by atoms with Crippen molar-refractivity contribution < 1.29 is 33.4 Å². The molecule has 0 N–H and O–H groups in total. The molecule has 0 aromatic rings. The Balaban J connectivity index is 1.55. The van der Waals surface area contributed by atoms with Gasteiger partial charge in [-0.2, -0.15) is 0 Å². The van der Waals surface area contributed by atoms with Crippen molar-refractivity contribution in [2.45, 2.75) is 119 Å². The van der Waals surface area contributed by atoms with E-state index in [9.17, 15) is 19.2 Å². The van der Waals surface area contributed by atoms with Crippen molar-refractivity contribution in [2.24, 2.45) is 10.8 Å². The molecule has 274 valence electrons. The van der Waals surface area contributed by atoms with Gasteiger partial charge in [0.15, 0.2) is 23.6 Å². The number of esters is 2. The summed E-state index contributed by atoms with van der Waals surface area (Å²) in [6.45, 7) is 22.6. The molecule has 3 aliphatic rings. The Hall–Kier alpha value is -4.36. The Morgan fingerprint density at radius 1 is 0.667 bits per heavy atom. The van der Waals surface area contributed by atoms with Gasteiger partial charge >= 0.3 is 11.9 Å². The molecule has 2 unspecified atom stereocenters. The molecule has 1 saturated carbocycles. The number of fused-ring (bicyclic) bond motifs is 1. The van der Waals surface area contributed by atoms with Crippen LogP contribution in [0.1, 0.15) is 95.9 Å². The maximum absolute atomic E-state index is 13.0. The molecule has 51 heavy (non-hydrogen) atoms. The summed E-state index contributed by atoms with van der Waals surface area (Å²) in [6.07, 6.45) is 27.6. The van der Waals surface area contributed by atoms with E-state index in [-0.39, 0.29) is 17.0 Å². The minimum atomic E-state index is -1.00. The SMILES string of the molecule is CC(=O)O[C@H]1CC(C)(C)C(/C=C/C(C)=C/C=C/C(C)=C/C=C/C=C(C)/C=C/C=C(C)/C=C/C23OC2(C)C(=O)[C@@H](OC(C)=O)CC3(C)C)=C(C)C1=O. The first-order valence-corrected chi connectivity index (χ1v) is 17.6. The van der Waals surface area contributed by atoms with Crippen LogP contribution in [-0.4, -0.2) is 46.9 Å². The number of allylic oxidation sites excluding steroid dienone is 18. The summed E-state index contributed by atoms with van der Waals surface area (Å²) < 4.78 is 16.7. The Labute approximate surface area is 305 Å². The normalized spacial score (nSPS) is 28.9. The highest BCUT2D eigenvalue weighted by Crippen LogP contribution is 2.65. The summed E-state index contributed by atoms with van der Waals surface area (Å²) in [6, 6.07) is 0. The number of carbonyl (C=O) groups excluding carboxylic acids is 4. The fourth-order valence-corrected chi connectivity index (χ4v) is 7.04. The molecule has 0 spiro atoms. The van der Waals surface area contributed by atoms with E-state index in [0.29, 0.717) is 18.4 Å². The van der Waals surface area contributed by atoms with Crippen molar-refractivity contribution in [3.05, 3.63) is 119 Å². The minimum absolute atomic E-state index is 0.129. The van der Waals surface area contributed by atoms with E-state index < -0.39 is 40.8 Å². The van der Waals surface area contributed by atoms with E-state index in [1.807, 2.05) is 127 Å². The molecule has 0 aromatic carbocycles. The number of ether oxygens (including phenoxy) is 3. The van der Waals surface area contributed by atoms with Crippen LogP contribution in [0.4, 0.5) is 0 Å². The van der Waals surface area contributed by atoms with Crippen molar-refractivity contribution >= 4 is 23.5 Å². The largest absolute Gasteiger partial charge is 0.454 e. The third-order valence-electron chi connectivity index (χ3n) is 9.96. The maximum atomic E-state index is 13.0. The Bertz CT molecular complexity index is 1730. The highest BCUT2D eigenvalue weighted by molar-refractivity contribution is 6.01. The Kier molecular flexibility index (Phi) is 13.1. The molecule has 2 aliphatic carbocycles.